The van der Waals surface area contributed by atoms with Crippen molar-refractivity contribution < 1.29 is 4.74 Å². The minimum atomic E-state index is 0.372. The van der Waals surface area contributed by atoms with Crippen molar-refractivity contribution in [1.82, 2.24) is 25.0 Å². The SMILES string of the molecule is COc1ccc2c(c1)nnn2-c1cc(Cl)nc(SC)n1. The van der Waals surface area contributed by atoms with Gasteiger partial charge in [-0.05, 0) is 18.4 Å². The zero-order chi connectivity index (χ0) is 14.1. The number of rotatable bonds is 3. The van der Waals surface area contributed by atoms with Crippen LogP contribution in [0.5, 0.6) is 5.75 Å². The number of benzene rings is 1. The number of thioether (sulfide) groups is 1. The molecule has 8 heteroatoms. The van der Waals surface area contributed by atoms with E-state index < -0.39 is 0 Å². The maximum absolute atomic E-state index is 6.00. The van der Waals surface area contributed by atoms with Crippen LogP contribution >= 0.6 is 23.4 Å². The van der Waals surface area contributed by atoms with Gasteiger partial charge in [-0.25, -0.2) is 9.97 Å². The van der Waals surface area contributed by atoms with Crippen LogP contribution < -0.4 is 4.74 Å². The first-order valence-corrected chi connectivity index (χ1v) is 7.30. The first-order chi connectivity index (χ1) is 9.71. The maximum Gasteiger partial charge on any atom is 0.190 e. The van der Waals surface area contributed by atoms with E-state index in [2.05, 4.69) is 20.3 Å². The fourth-order valence-corrected chi connectivity index (χ4v) is 2.39. The third kappa shape index (κ3) is 2.30. The van der Waals surface area contributed by atoms with E-state index in [0.717, 1.165) is 16.8 Å². The van der Waals surface area contributed by atoms with Crippen LogP contribution in [0, 0.1) is 0 Å². The van der Waals surface area contributed by atoms with Crippen molar-refractivity contribution in [2.75, 3.05) is 13.4 Å². The molecule has 0 bridgehead atoms. The summed E-state index contributed by atoms with van der Waals surface area (Å²) in [5.41, 5.74) is 1.55. The topological polar surface area (TPSA) is 65.7 Å². The first kappa shape index (κ1) is 13.1. The second-order valence-corrected chi connectivity index (χ2v) is 5.05. The number of ether oxygens (including phenoxy) is 1. The summed E-state index contributed by atoms with van der Waals surface area (Å²) < 4.78 is 6.79. The minimum Gasteiger partial charge on any atom is -0.497 e. The number of halogens is 1. The summed E-state index contributed by atoms with van der Waals surface area (Å²) in [6.07, 6.45) is 1.89. The predicted octanol–water partition coefficient (Wildman–Crippen LogP) is 2.59. The number of fused-ring (bicyclic) bond motifs is 1. The van der Waals surface area contributed by atoms with Crippen molar-refractivity contribution in [3.63, 3.8) is 0 Å². The van der Waals surface area contributed by atoms with Crippen LogP contribution in [0.2, 0.25) is 5.15 Å². The Labute approximate surface area is 124 Å². The molecule has 2 heterocycles. The van der Waals surface area contributed by atoms with Gasteiger partial charge in [-0.2, -0.15) is 4.68 Å². The van der Waals surface area contributed by atoms with Crippen LogP contribution in [0.4, 0.5) is 0 Å². The van der Waals surface area contributed by atoms with Gasteiger partial charge in [0.15, 0.2) is 11.0 Å². The van der Waals surface area contributed by atoms with Crippen LogP contribution in [0.1, 0.15) is 0 Å². The van der Waals surface area contributed by atoms with Crippen LogP contribution in [0.3, 0.4) is 0 Å². The highest BCUT2D eigenvalue weighted by Gasteiger charge is 2.11. The van der Waals surface area contributed by atoms with E-state index in [1.165, 1.54) is 11.8 Å². The molecule has 0 saturated carbocycles. The Hall–Kier alpha value is -1.86. The van der Waals surface area contributed by atoms with Gasteiger partial charge in [0.2, 0.25) is 0 Å². The Balaban J connectivity index is 2.17. The molecular weight excluding hydrogens is 298 g/mol. The van der Waals surface area contributed by atoms with Crippen LogP contribution in [-0.2, 0) is 0 Å². The molecular formula is C12H10ClN5OS. The van der Waals surface area contributed by atoms with Gasteiger partial charge in [0, 0.05) is 12.1 Å². The molecule has 1 aromatic carbocycles. The predicted molar refractivity (Wildman–Crippen MR) is 77.8 cm³/mol. The highest BCUT2D eigenvalue weighted by Crippen LogP contribution is 2.22. The summed E-state index contributed by atoms with van der Waals surface area (Å²) in [6.45, 7) is 0. The molecule has 3 rings (SSSR count). The second-order valence-electron chi connectivity index (χ2n) is 3.89. The number of nitrogens with zero attached hydrogens (tertiary/aromatic N) is 5. The molecule has 6 nitrogen and oxygen atoms in total. The first-order valence-electron chi connectivity index (χ1n) is 5.69. The third-order valence-corrected chi connectivity index (χ3v) is 3.45. The van der Waals surface area contributed by atoms with Crippen LogP contribution in [0.15, 0.2) is 29.4 Å². The van der Waals surface area contributed by atoms with Gasteiger partial charge in [0.05, 0.1) is 12.6 Å². The van der Waals surface area contributed by atoms with Crippen molar-refractivity contribution >= 4 is 34.4 Å². The Bertz CT molecular complexity index is 776. The molecule has 102 valence electrons. The summed E-state index contributed by atoms with van der Waals surface area (Å²) in [5, 5.41) is 9.18. The number of hydrogen-bond donors (Lipinski definition) is 0. The van der Waals surface area contributed by atoms with Gasteiger partial charge in [0.25, 0.3) is 0 Å². The Morgan fingerprint density at radius 1 is 1.25 bits per heavy atom. The lowest BCUT2D eigenvalue weighted by atomic mass is 10.3. The minimum absolute atomic E-state index is 0.372. The average molecular weight is 308 g/mol. The van der Waals surface area contributed by atoms with E-state index in [4.69, 9.17) is 16.3 Å². The Morgan fingerprint density at radius 2 is 2.10 bits per heavy atom. The second kappa shape index (κ2) is 5.26. The monoisotopic (exact) mass is 307 g/mol. The van der Waals surface area contributed by atoms with Crippen LogP contribution in [0.25, 0.3) is 16.9 Å². The van der Waals surface area contributed by atoms with Gasteiger partial charge in [-0.3, -0.25) is 0 Å². The van der Waals surface area contributed by atoms with E-state index in [1.807, 2.05) is 24.5 Å². The van der Waals surface area contributed by atoms with Crippen molar-refractivity contribution in [1.29, 1.82) is 0 Å². The molecule has 3 aromatic rings. The summed E-state index contributed by atoms with van der Waals surface area (Å²) in [4.78, 5) is 8.49. The molecule has 0 saturated heterocycles. The highest BCUT2D eigenvalue weighted by atomic mass is 35.5. The van der Waals surface area contributed by atoms with E-state index in [1.54, 1.807) is 17.9 Å². The van der Waals surface area contributed by atoms with Crippen molar-refractivity contribution in [2.24, 2.45) is 0 Å². The summed E-state index contributed by atoms with van der Waals surface area (Å²) in [5.74, 6) is 1.32. The summed E-state index contributed by atoms with van der Waals surface area (Å²) in [7, 11) is 1.61. The van der Waals surface area contributed by atoms with E-state index in [-0.39, 0.29) is 0 Å². The fraction of sp³-hybridized carbons (Fsp3) is 0.167. The number of methoxy groups -OCH3 is 1. The molecule has 0 atom stereocenters. The maximum atomic E-state index is 6.00. The molecule has 0 N–H and O–H groups in total. The lowest BCUT2D eigenvalue weighted by Crippen LogP contribution is -2.02. The lowest BCUT2D eigenvalue weighted by molar-refractivity contribution is 0.415. The molecule has 0 aliphatic carbocycles. The van der Waals surface area contributed by atoms with E-state index in [9.17, 15) is 0 Å². The van der Waals surface area contributed by atoms with Gasteiger partial charge >= 0.3 is 0 Å². The summed E-state index contributed by atoms with van der Waals surface area (Å²) in [6, 6.07) is 7.19. The summed E-state index contributed by atoms with van der Waals surface area (Å²) >= 11 is 7.42. The zero-order valence-corrected chi connectivity index (χ0v) is 12.3. The van der Waals surface area contributed by atoms with Crippen molar-refractivity contribution in [2.45, 2.75) is 5.16 Å². The standard InChI is InChI=1S/C12H10ClN5OS/c1-19-7-3-4-9-8(5-7)16-17-18(9)11-6-10(13)14-12(15-11)20-2/h3-6H,1-2H3. The normalized spacial score (nSPS) is 10.9. The zero-order valence-electron chi connectivity index (χ0n) is 10.7. The Morgan fingerprint density at radius 3 is 2.85 bits per heavy atom. The lowest BCUT2D eigenvalue weighted by Gasteiger charge is -2.04. The molecule has 0 unspecified atom stereocenters. The van der Waals surface area contributed by atoms with E-state index in [0.29, 0.717) is 16.1 Å². The van der Waals surface area contributed by atoms with Crippen molar-refractivity contribution in [3.05, 3.63) is 29.4 Å². The van der Waals surface area contributed by atoms with Gasteiger partial charge in [-0.1, -0.05) is 28.6 Å². The molecule has 2 aromatic heterocycles. The molecule has 0 aliphatic rings. The molecule has 0 amide bonds. The van der Waals surface area contributed by atoms with Crippen LogP contribution in [-0.4, -0.2) is 38.3 Å². The van der Waals surface area contributed by atoms with Gasteiger partial charge < -0.3 is 4.74 Å². The highest BCUT2D eigenvalue weighted by molar-refractivity contribution is 7.98. The third-order valence-electron chi connectivity index (χ3n) is 2.71. The largest absolute Gasteiger partial charge is 0.497 e. The quantitative estimate of drug-likeness (QED) is 0.421. The fourth-order valence-electron chi connectivity index (χ4n) is 1.78. The molecule has 0 fully saturated rings. The molecule has 20 heavy (non-hydrogen) atoms. The molecule has 0 aliphatic heterocycles. The number of hydrogen-bond acceptors (Lipinski definition) is 6. The molecule has 0 spiro atoms. The van der Waals surface area contributed by atoms with E-state index >= 15 is 0 Å². The molecule has 0 radical (unpaired) electrons. The average Bonchev–Trinajstić information content (AvgIpc) is 2.89. The Kier molecular flexibility index (Phi) is 3.45. The van der Waals surface area contributed by atoms with Gasteiger partial charge in [-0.15, -0.1) is 5.10 Å². The number of aromatic nitrogens is 5. The smallest absolute Gasteiger partial charge is 0.190 e. The van der Waals surface area contributed by atoms with Crippen molar-refractivity contribution in [3.8, 4) is 11.6 Å². The van der Waals surface area contributed by atoms with Gasteiger partial charge in [0.1, 0.15) is 16.4 Å².